The van der Waals surface area contributed by atoms with Crippen LogP contribution in [0.15, 0.2) is 40.6 Å². The van der Waals surface area contributed by atoms with Crippen molar-refractivity contribution in [3.63, 3.8) is 0 Å². The Hall–Kier alpha value is -3.22. The third kappa shape index (κ3) is 3.77. The third-order valence-electron chi connectivity index (χ3n) is 7.13. The van der Waals surface area contributed by atoms with Gasteiger partial charge in [-0.1, -0.05) is 13.0 Å². The molecule has 4 aromatic rings. The van der Waals surface area contributed by atoms with Crippen LogP contribution in [-0.2, 0) is 13.5 Å². The monoisotopic (exact) mass is 475 g/mol. The van der Waals surface area contributed by atoms with Gasteiger partial charge >= 0.3 is 0 Å². The minimum absolute atomic E-state index is 0.0696. The van der Waals surface area contributed by atoms with E-state index in [4.69, 9.17) is 5.26 Å². The lowest BCUT2D eigenvalue weighted by atomic mass is 9.98. The zero-order valence-corrected chi connectivity index (χ0v) is 20.8. The van der Waals surface area contributed by atoms with Gasteiger partial charge in [-0.05, 0) is 38.0 Å². The van der Waals surface area contributed by atoms with Gasteiger partial charge < -0.3 is 4.90 Å². The number of thiazole rings is 1. The Morgan fingerprint density at radius 1 is 1.26 bits per heavy atom. The normalized spacial score (nSPS) is 20.1. The van der Waals surface area contributed by atoms with Crippen LogP contribution in [0.1, 0.15) is 44.5 Å². The second-order valence-corrected chi connectivity index (χ2v) is 10.0. The SMILES string of the molecule is CC[C@@H]1CN(c2cc(=O)n(C)c3cc(CC#N)nn23)[C@@H](C)CN1C(C)c1ccc2ncsc2c1. The van der Waals surface area contributed by atoms with Gasteiger partial charge in [0.25, 0.3) is 5.56 Å². The molecule has 0 radical (unpaired) electrons. The van der Waals surface area contributed by atoms with Crippen LogP contribution >= 0.6 is 11.3 Å². The van der Waals surface area contributed by atoms with E-state index in [-0.39, 0.29) is 24.1 Å². The lowest BCUT2D eigenvalue weighted by Gasteiger charge is -2.48. The number of anilines is 1. The fourth-order valence-electron chi connectivity index (χ4n) is 5.12. The molecule has 176 valence electrons. The molecule has 4 heterocycles. The molecule has 1 aromatic carbocycles. The molecule has 1 fully saturated rings. The molecular weight excluding hydrogens is 446 g/mol. The van der Waals surface area contributed by atoms with Crippen molar-refractivity contribution < 1.29 is 0 Å². The number of nitrogens with zero attached hydrogens (tertiary/aromatic N) is 7. The van der Waals surface area contributed by atoms with Crippen molar-refractivity contribution in [3.05, 3.63) is 57.5 Å². The number of aromatic nitrogens is 4. The van der Waals surface area contributed by atoms with Crippen molar-refractivity contribution in [1.29, 1.82) is 5.26 Å². The number of benzene rings is 1. The lowest BCUT2D eigenvalue weighted by molar-refractivity contribution is 0.105. The topological polar surface area (TPSA) is 82.5 Å². The predicted molar refractivity (Wildman–Crippen MR) is 135 cm³/mol. The van der Waals surface area contributed by atoms with Crippen molar-refractivity contribution in [2.24, 2.45) is 7.05 Å². The molecule has 8 nitrogen and oxygen atoms in total. The van der Waals surface area contributed by atoms with Gasteiger partial charge in [0, 0.05) is 50.4 Å². The van der Waals surface area contributed by atoms with Crippen molar-refractivity contribution >= 4 is 33.0 Å². The summed E-state index contributed by atoms with van der Waals surface area (Å²) in [5.41, 5.74) is 5.57. The second kappa shape index (κ2) is 8.85. The number of nitriles is 1. The lowest BCUT2D eigenvalue weighted by Crippen LogP contribution is -2.58. The van der Waals surface area contributed by atoms with Gasteiger partial charge in [0.05, 0.1) is 33.9 Å². The molecule has 3 aromatic heterocycles. The fraction of sp³-hybridized carbons (Fsp3) is 0.440. The maximum Gasteiger partial charge on any atom is 0.255 e. The number of rotatable bonds is 5. The summed E-state index contributed by atoms with van der Waals surface area (Å²) in [5.74, 6) is 0.798. The van der Waals surface area contributed by atoms with E-state index in [9.17, 15) is 4.79 Å². The summed E-state index contributed by atoms with van der Waals surface area (Å²) in [5, 5.41) is 13.8. The first-order valence-electron chi connectivity index (χ1n) is 11.7. The highest BCUT2D eigenvalue weighted by Crippen LogP contribution is 2.32. The fourth-order valence-corrected chi connectivity index (χ4v) is 5.85. The molecule has 0 N–H and O–H groups in total. The van der Waals surface area contributed by atoms with Crippen LogP contribution in [0.5, 0.6) is 0 Å². The Labute approximate surface area is 202 Å². The van der Waals surface area contributed by atoms with Crippen molar-refractivity contribution in [1.82, 2.24) is 24.1 Å². The molecule has 0 bridgehead atoms. The number of hydrogen-bond donors (Lipinski definition) is 0. The number of hydrogen-bond acceptors (Lipinski definition) is 7. The highest BCUT2D eigenvalue weighted by atomic mass is 32.1. The average Bonchev–Trinajstić information content (AvgIpc) is 3.48. The maximum absolute atomic E-state index is 12.8. The third-order valence-corrected chi connectivity index (χ3v) is 7.92. The summed E-state index contributed by atoms with van der Waals surface area (Å²) in [4.78, 5) is 22.1. The van der Waals surface area contributed by atoms with E-state index in [2.05, 4.69) is 64.9 Å². The van der Waals surface area contributed by atoms with Gasteiger partial charge in [0.15, 0.2) is 0 Å². The molecule has 1 aliphatic heterocycles. The molecule has 1 saturated heterocycles. The molecular formula is C25H29N7OS. The van der Waals surface area contributed by atoms with Gasteiger partial charge in [0.2, 0.25) is 0 Å². The van der Waals surface area contributed by atoms with Gasteiger partial charge in [-0.2, -0.15) is 10.4 Å². The van der Waals surface area contributed by atoms with Crippen LogP contribution in [0.4, 0.5) is 5.82 Å². The number of piperazine rings is 1. The van der Waals surface area contributed by atoms with E-state index < -0.39 is 0 Å². The summed E-state index contributed by atoms with van der Waals surface area (Å²) >= 11 is 1.68. The molecule has 3 atom stereocenters. The van der Waals surface area contributed by atoms with E-state index in [0.717, 1.165) is 30.8 Å². The molecule has 0 amide bonds. The first-order valence-corrected chi connectivity index (χ1v) is 12.6. The largest absolute Gasteiger partial charge is 0.351 e. The average molecular weight is 476 g/mol. The van der Waals surface area contributed by atoms with E-state index >= 15 is 0 Å². The summed E-state index contributed by atoms with van der Waals surface area (Å²) in [6, 6.07) is 13.1. The Balaban J connectivity index is 1.48. The second-order valence-electron chi connectivity index (χ2n) is 9.16. The summed E-state index contributed by atoms with van der Waals surface area (Å²) in [6.07, 6.45) is 1.22. The highest BCUT2D eigenvalue weighted by Gasteiger charge is 2.35. The van der Waals surface area contributed by atoms with Crippen molar-refractivity contribution in [2.75, 3.05) is 18.0 Å². The van der Waals surface area contributed by atoms with Crippen LogP contribution in [-0.4, -0.2) is 49.2 Å². The highest BCUT2D eigenvalue weighted by molar-refractivity contribution is 7.16. The van der Waals surface area contributed by atoms with Crippen molar-refractivity contribution in [2.45, 2.75) is 51.7 Å². The van der Waals surface area contributed by atoms with E-state index in [1.807, 2.05) is 16.1 Å². The first kappa shape index (κ1) is 22.6. The molecule has 1 unspecified atom stereocenters. The van der Waals surface area contributed by atoms with Crippen LogP contribution in [0.3, 0.4) is 0 Å². The summed E-state index contributed by atoms with van der Waals surface area (Å²) in [6.45, 7) is 8.40. The molecule has 9 heteroatoms. The Morgan fingerprint density at radius 2 is 2.09 bits per heavy atom. The van der Waals surface area contributed by atoms with E-state index in [0.29, 0.717) is 17.4 Å². The standard InChI is InChI=1S/C25H29N7OS/c1-5-20-14-30(24-12-25(33)29(4)23-11-19(8-9-26)28-32(23)24)16(2)13-31(20)17(3)18-6-7-21-22(10-18)34-15-27-21/h6-7,10-12,15-17,20H,5,8,13-14H2,1-4H3/t16-,17?,20+/m0/s1. The minimum atomic E-state index is -0.0696. The van der Waals surface area contributed by atoms with Crippen LogP contribution < -0.4 is 10.5 Å². The molecule has 34 heavy (non-hydrogen) atoms. The zero-order valence-electron chi connectivity index (χ0n) is 20.0. The maximum atomic E-state index is 12.8. The van der Waals surface area contributed by atoms with Crippen LogP contribution in [0.25, 0.3) is 15.9 Å². The first-order chi connectivity index (χ1) is 16.4. The van der Waals surface area contributed by atoms with Gasteiger partial charge in [-0.15, -0.1) is 11.3 Å². The van der Waals surface area contributed by atoms with Gasteiger partial charge in [0.1, 0.15) is 11.5 Å². The molecule has 0 saturated carbocycles. The number of fused-ring (bicyclic) bond motifs is 2. The Bertz CT molecular complexity index is 1450. The molecule has 0 aliphatic carbocycles. The van der Waals surface area contributed by atoms with E-state index in [1.54, 1.807) is 29.0 Å². The predicted octanol–water partition coefficient (Wildman–Crippen LogP) is 3.76. The molecule has 1 aliphatic rings. The summed E-state index contributed by atoms with van der Waals surface area (Å²) < 4.78 is 4.64. The zero-order chi connectivity index (χ0) is 24.0. The van der Waals surface area contributed by atoms with E-state index in [1.165, 1.54) is 10.3 Å². The van der Waals surface area contributed by atoms with Crippen LogP contribution in [0, 0.1) is 11.3 Å². The summed E-state index contributed by atoms with van der Waals surface area (Å²) in [7, 11) is 1.75. The Morgan fingerprint density at radius 3 is 2.85 bits per heavy atom. The van der Waals surface area contributed by atoms with Gasteiger partial charge in [-0.3, -0.25) is 14.3 Å². The smallest absolute Gasteiger partial charge is 0.255 e. The Kier molecular flexibility index (Phi) is 5.88. The van der Waals surface area contributed by atoms with Crippen LogP contribution in [0.2, 0.25) is 0 Å². The van der Waals surface area contributed by atoms with Crippen molar-refractivity contribution in [3.8, 4) is 6.07 Å². The van der Waals surface area contributed by atoms with Gasteiger partial charge in [-0.25, -0.2) is 9.50 Å². The number of aryl methyl sites for hydroxylation is 1. The minimum Gasteiger partial charge on any atom is -0.351 e. The molecule has 0 spiro atoms. The molecule has 5 rings (SSSR count). The quantitative estimate of drug-likeness (QED) is 0.437.